The number of rotatable bonds is 3. The first-order chi connectivity index (χ1) is 8.97. The zero-order valence-electron chi connectivity index (χ0n) is 9.59. The van der Waals surface area contributed by atoms with Crippen molar-refractivity contribution in [3.05, 3.63) is 56.8 Å². The minimum Gasteiger partial charge on any atom is -0.487 e. The number of hydrogen-bond acceptors (Lipinski definition) is 2. The highest BCUT2D eigenvalue weighted by Crippen LogP contribution is 2.34. The van der Waals surface area contributed by atoms with Crippen LogP contribution in [0.1, 0.15) is 5.56 Å². The van der Waals surface area contributed by atoms with E-state index in [0.717, 1.165) is 0 Å². The number of ether oxygens (including phenoxy) is 1. The predicted octanol–water partition coefficient (Wildman–Crippen LogP) is 4.95. The van der Waals surface area contributed by atoms with E-state index in [9.17, 15) is 4.39 Å². The van der Waals surface area contributed by atoms with Gasteiger partial charge in [-0.3, -0.25) is 0 Å². The standard InChI is InChI=1S/C13H9Cl3FNO/c14-9-4-11(16)13(5-10(9)15)19-6-7-1-2-8(17)3-12(7)18/h1-5H,6,18H2. The summed E-state index contributed by atoms with van der Waals surface area (Å²) in [4.78, 5) is 0. The van der Waals surface area contributed by atoms with Crippen LogP contribution in [0.5, 0.6) is 5.75 Å². The maximum atomic E-state index is 12.9. The average molecular weight is 321 g/mol. The van der Waals surface area contributed by atoms with Crippen molar-refractivity contribution in [2.24, 2.45) is 0 Å². The van der Waals surface area contributed by atoms with Gasteiger partial charge >= 0.3 is 0 Å². The van der Waals surface area contributed by atoms with Crippen LogP contribution in [0, 0.1) is 5.82 Å². The summed E-state index contributed by atoms with van der Waals surface area (Å²) in [6.07, 6.45) is 0. The van der Waals surface area contributed by atoms with Crippen molar-refractivity contribution in [2.45, 2.75) is 6.61 Å². The molecule has 0 atom stereocenters. The maximum Gasteiger partial charge on any atom is 0.139 e. The average Bonchev–Trinajstić information content (AvgIpc) is 2.34. The Morgan fingerprint density at radius 2 is 1.68 bits per heavy atom. The molecule has 2 N–H and O–H groups in total. The van der Waals surface area contributed by atoms with Gasteiger partial charge in [0.05, 0.1) is 15.1 Å². The third-order valence-electron chi connectivity index (χ3n) is 2.47. The fourth-order valence-electron chi connectivity index (χ4n) is 1.47. The molecule has 2 nitrogen and oxygen atoms in total. The van der Waals surface area contributed by atoms with Crippen molar-refractivity contribution < 1.29 is 9.13 Å². The molecule has 2 rings (SSSR count). The molecule has 0 radical (unpaired) electrons. The SMILES string of the molecule is Nc1cc(F)ccc1COc1cc(Cl)c(Cl)cc1Cl. The molecule has 0 aliphatic rings. The molecule has 0 unspecified atom stereocenters. The molecule has 0 saturated heterocycles. The summed E-state index contributed by atoms with van der Waals surface area (Å²) in [5, 5.41) is 1.03. The molecule has 2 aromatic carbocycles. The summed E-state index contributed by atoms with van der Waals surface area (Å²) in [7, 11) is 0. The molecular formula is C13H9Cl3FNO. The normalized spacial score (nSPS) is 10.5. The minimum absolute atomic E-state index is 0.157. The van der Waals surface area contributed by atoms with E-state index in [2.05, 4.69) is 0 Å². The topological polar surface area (TPSA) is 35.2 Å². The molecule has 19 heavy (non-hydrogen) atoms. The zero-order chi connectivity index (χ0) is 14.0. The molecule has 0 saturated carbocycles. The van der Waals surface area contributed by atoms with Crippen LogP contribution in [-0.4, -0.2) is 0 Å². The van der Waals surface area contributed by atoms with Crippen LogP contribution in [0.4, 0.5) is 10.1 Å². The Morgan fingerprint density at radius 3 is 2.37 bits per heavy atom. The Labute approximate surface area is 124 Å². The fourth-order valence-corrected chi connectivity index (χ4v) is 2.06. The molecule has 0 spiro atoms. The van der Waals surface area contributed by atoms with Gasteiger partial charge in [0.25, 0.3) is 0 Å². The van der Waals surface area contributed by atoms with Crippen LogP contribution in [0.25, 0.3) is 0 Å². The number of anilines is 1. The number of benzene rings is 2. The lowest BCUT2D eigenvalue weighted by molar-refractivity contribution is 0.307. The Hall–Kier alpha value is -1.16. The van der Waals surface area contributed by atoms with Gasteiger partial charge in [-0.05, 0) is 18.2 Å². The summed E-state index contributed by atoms with van der Waals surface area (Å²) in [5.41, 5.74) is 6.65. The second-order valence-corrected chi connectivity index (χ2v) is 5.05. The molecule has 6 heteroatoms. The summed E-state index contributed by atoms with van der Waals surface area (Å²) in [5.74, 6) is -0.00592. The van der Waals surface area contributed by atoms with Gasteiger partial charge in [-0.2, -0.15) is 0 Å². The predicted molar refractivity (Wildman–Crippen MR) is 76.6 cm³/mol. The molecule has 0 aromatic heterocycles. The molecule has 0 bridgehead atoms. The number of hydrogen-bond donors (Lipinski definition) is 1. The molecule has 100 valence electrons. The Bertz CT molecular complexity index is 619. The molecule has 0 heterocycles. The second kappa shape index (κ2) is 5.87. The molecule has 0 amide bonds. The summed E-state index contributed by atoms with van der Waals surface area (Å²) >= 11 is 17.7. The smallest absolute Gasteiger partial charge is 0.139 e. The summed E-state index contributed by atoms with van der Waals surface area (Å²) in [6, 6.07) is 7.11. The molecule has 0 aliphatic carbocycles. The highest BCUT2D eigenvalue weighted by Gasteiger charge is 2.08. The van der Waals surface area contributed by atoms with E-state index in [1.165, 1.54) is 24.3 Å². The lowest BCUT2D eigenvalue weighted by Crippen LogP contribution is -2.01. The molecule has 0 aliphatic heterocycles. The lowest BCUT2D eigenvalue weighted by Gasteiger charge is -2.11. The number of nitrogen functional groups attached to an aromatic ring is 1. The lowest BCUT2D eigenvalue weighted by atomic mass is 10.2. The van der Waals surface area contributed by atoms with Crippen molar-refractivity contribution in [3.8, 4) is 5.75 Å². The van der Waals surface area contributed by atoms with Crippen LogP contribution < -0.4 is 10.5 Å². The molecular weight excluding hydrogens is 312 g/mol. The van der Waals surface area contributed by atoms with Crippen LogP contribution in [0.3, 0.4) is 0 Å². The van der Waals surface area contributed by atoms with Gasteiger partial charge in [0.1, 0.15) is 18.2 Å². The Balaban J connectivity index is 2.16. The van der Waals surface area contributed by atoms with Crippen LogP contribution in [0.15, 0.2) is 30.3 Å². The van der Waals surface area contributed by atoms with E-state index in [-0.39, 0.29) is 6.61 Å². The number of halogens is 4. The van der Waals surface area contributed by atoms with Crippen LogP contribution >= 0.6 is 34.8 Å². The fraction of sp³-hybridized carbons (Fsp3) is 0.0769. The van der Waals surface area contributed by atoms with E-state index in [4.69, 9.17) is 45.3 Å². The van der Waals surface area contributed by atoms with Crippen molar-refractivity contribution in [3.63, 3.8) is 0 Å². The third-order valence-corrected chi connectivity index (χ3v) is 3.48. The van der Waals surface area contributed by atoms with Gasteiger partial charge in [0.2, 0.25) is 0 Å². The van der Waals surface area contributed by atoms with E-state index in [0.29, 0.717) is 32.1 Å². The largest absolute Gasteiger partial charge is 0.487 e. The third kappa shape index (κ3) is 3.44. The minimum atomic E-state index is -0.395. The first-order valence-electron chi connectivity index (χ1n) is 5.28. The van der Waals surface area contributed by atoms with Crippen LogP contribution in [-0.2, 0) is 6.61 Å². The van der Waals surface area contributed by atoms with Gasteiger partial charge in [-0.15, -0.1) is 0 Å². The van der Waals surface area contributed by atoms with Crippen LogP contribution in [0.2, 0.25) is 15.1 Å². The Morgan fingerprint density at radius 1 is 1.00 bits per heavy atom. The maximum absolute atomic E-state index is 12.9. The van der Waals surface area contributed by atoms with Crippen molar-refractivity contribution in [2.75, 3.05) is 5.73 Å². The zero-order valence-corrected chi connectivity index (χ0v) is 11.9. The summed E-state index contributed by atoms with van der Waals surface area (Å²) in [6.45, 7) is 0.157. The van der Waals surface area contributed by atoms with Crippen molar-refractivity contribution in [1.82, 2.24) is 0 Å². The quantitative estimate of drug-likeness (QED) is 0.641. The first kappa shape index (κ1) is 14.3. The first-order valence-corrected chi connectivity index (χ1v) is 6.42. The van der Waals surface area contributed by atoms with Gasteiger partial charge < -0.3 is 10.5 Å². The van der Waals surface area contributed by atoms with Gasteiger partial charge in [0, 0.05) is 17.3 Å². The van der Waals surface area contributed by atoms with E-state index in [1.54, 1.807) is 6.07 Å². The van der Waals surface area contributed by atoms with E-state index < -0.39 is 5.82 Å². The van der Waals surface area contributed by atoms with Gasteiger partial charge in [0.15, 0.2) is 0 Å². The van der Waals surface area contributed by atoms with Gasteiger partial charge in [-0.1, -0.05) is 40.9 Å². The van der Waals surface area contributed by atoms with E-state index in [1.807, 2.05) is 0 Å². The van der Waals surface area contributed by atoms with Crippen molar-refractivity contribution in [1.29, 1.82) is 0 Å². The monoisotopic (exact) mass is 319 g/mol. The summed E-state index contributed by atoms with van der Waals surface area (Å²) < 4.78 is 18.4. The van der Waals surface area contributed by atoms with Crippen molar-refractivity contribution >= 4 is 40.5 Å². The van der Waals surface area contributed by atoms with Gasteiger partial charge in [-0.25, -0.2) is 4.39 Å². The number of nitrogens with two attached hydrogens (primary N) is 1. The van der Waals surface area contributed by atoms with E-state index >= 15 is 0 Å². The molecule has 2 aromatic rings. The highest BCUT2D eigenvalue weighted by atomic mass is 35.5. The highest BCUT2D eigenvalue weighted by molar-refractivity contribution is 6.43. The molecule has 0 fully saturated rings. The Kier molecular flexibility index (Phi) is 4.40. The second-order valence-electron chi connectivity index (χ2n) is 3.83.